The van der Waals surface area contributed by atoms with E-state index >= 15 is 0 Å². The third-order valence-corrected chi connectivity index (χ3v) is 4.47. The van der Waals surface area contributed by atoms with Crippen molar-refractivity contribution < 1.29 is 32.3 Å². The maximum absolute atomic E-state index is 12.7. The van der Waals surface area contributed by atoms with Crippen LogP contribution in [0.5, 0.6) is 5.75 Å². The molecule has 3 rings (SSSR count). The Bertz CT molecular complexity index is 988. The molecule has 1 aliphatic heterocycles. The third kappa shape index (κ3) is 5.61. The van der Waals surface area contributed by atoms with E-state index in [0.29, 0.717) is 11.3 Å². The van der Waals surface area contributed by atoms with Crippen LogP contribution < -0.4 is 15.4 Å². The maximum atomic E-state index is 12.7. The lowest BCUT2D eigenvalue weighted by molar-refractivity contribution is -0.137. The Hall–Kier alpha value is -3.27. The van der Waals surface area contributed by atoms with E-state index in [1.807, 2.05) is 0 Å². The molecule has 1 aliphatic rings. The second-order valence-corrected chi connectivity index (χ2v) is 6.85. The highest BCUT2D eigenvalue weighted by atomic mass is 32.2. The first-order valence-corrected chi connectivity index (χ1v) is 8.97. The van der Waals surface area contributed by atoms with Crippen molar-refractivity contribution in [1.82, 2.24) is 5.32 Å². The van der Waals surface area contributed by atoms with Gasteiger partial charge in [0.15, 0.2) is 6.61 Å². The van der Waals surface area contributed by atoms with Crippen LogP contribution in [-0.2, 0) is 15.8 Å². The molecular formula is C19H13F3N2O4S. The molecule has 1 fully saturated rings. The summed E-state index contributed by atoms with van der Waals surface area (Å²) in [4.78, 5) is 34.8. The van der Waals surface area contributed by atoms with Crippen molar-refractivity contribution in [2.45, 2.75) is 6.18 Å². The third-order valence-electron chi connectivity index (χ3n) is 3.66. The molecule has 0 saturated carbocycles. The van der Waals surface area contributed by atoms with Crippen molar-refractivity contribution in [1.29, 1.82) is 0 Å². The Morgan fingerprint density at radius 3 is 2.48 bits per heavy atom. The molecule has 10 heteroatoms. The van der Waals surface area contributed by atoms with E-state index in [1.165, 1.54) is 18.2 Å². The van der Waals surface area contributed by atoms with Gasteiger partial charge in [-0.15, -0.1) is 0 Å². The molecule has 0 radical (unpaired) electrons. The predicted octanol–water partition coefficient (Wildman–Crippen LogP) is 4.05. The molecular weight excluding hydrogens is 409 g/mol. The standard InChI is InChI=1S/C19H13F3N2O4S/c20-19(21,22)12-2-1-3-13(9-12)23-16(25)10-28-14-6-4-11(5-7-14)8-15-17(26)24-18(27)29-15/h1-9H,10H2,(H,23,25)(H,24,26,27)/b15-8-. The Labute approximate surface area is 167 Å². The van der Waals surface area contributed by atoms with Crippen LogP contribution >= 0.6 is 11.8 Å². The zero-order valence-corrected chi connectivity index (χ0v) is 15.4. The lowest BCUT2D eigenvalue weighted by Gasteiger charge is -2.10. The monoisotopic (exact) mass is 422 g/mol. The van der Waals surface area contributed by atoms with Crippen LogP contribution in [0, 0.1) is 0 Å². The Morgan fingerprint density at radius 2 is 1.86 bits per heavy atom. The quantitative estimate of drug-likeness (QED) is 0.711. The van der Waals surface area contributed by atoms with Crippen LogP contribution in [-0.4, -0.2) is 23.7 Å². The number of carbonyl (C=O) groups is 3. The number of hydrogen-bond donors (Lipinski definition) is 2. The molecule has 0 spiro atoms. The molecule has 6 nitrogen and oxygen atoms in total. The van der Waals surface area contributed by atoms with E-state index < -0.39 is 35.4 Å². The van der Waals surface area contributed by atoms with Gasteiger partial charge in [-0.3, -0.25) is 19.7 Å². The summed E-state index contributed by atoms with van der Waals surface area (Å²) < 4.78 is 43.4. The smallest absolute Gasteiger partial charge is 0.416 e. The van der Waals surface area contributed by atoms with Crippen LogP contribution in [0.2, 0.25) is 0 Å². The van der Waals surface area contributed by atoms with Crippen molar-refractivity contribution in [3.8, 4) is 5.75 Å². The summed E-state index contributed by atoms with van der Waals surface area (Å²) in [5.41, 5.74) is -0.202. The first-order chi connectivity index (χ1) is 13.7. The van der Waals surface area contributed by atoms with Crippen molar-refractivity contribution in [3.05, 3.63) is 64.6 Å². The van der Waals surface area contributed by atoms with Gasteiger partial charge in [0.05, 0.1) is 10.5 Å². The molecule has 2 aromatic rings. The molecule has 0 aliphatic carbocycles. The summed E-state index contributed by atoms with van der Waals surface area (Å²) in [5, 5.41) is 4.05. The normalized spacial score (nSPS) is 15.3. The molecule has 0 bridgehead atoms. The first kappa shape index (κ1) is 20.5. The summed E-state index contributed by atoms with van der Waals surface area (Å²) in [6.07, 6.45) is -2.96. The van der Waals surface area contributed by atoms with Gasteiger partial charge in [-0.1, -0.05) is 18.2 Å². The number of halogens is 3. The molecule has 150 valence electrons. The molecule has 3 amide bonds. The van der Waals surface area contributed by atoms with Gasteiger partial charge >= 0.3 is 6.18 Å². The molecule has 2 N–H and O–H groups in total. The molecule has 0 unspecified atom stereocenters. The van der Waals surface area contributed by atoms with Crippen LogP contribution in [0.25, 0.3) is 6.08 Å². The Balaban J connectivity index is 1.55. The number of hydrogen-bond acceptors (Lipinski definition) is 5. The summed E-state index contributed by atoms with van der Waals surface area (Å²) in [7, 11) is 0. The second-order valence-electron chi connectivity index (χ2n) is 5.84. The topological polar surface area (TPSA) is 84.5 Å². The molecule has 0 atom stereocenters. The van der Waals surface area contributed by atoms with Crippen LogP contribution in [0.15, 0.2) is 53.4 Å². The maximum Gasteiger partial charge on any atom is 0.416 e. The van der Waals surface area contributed by atoms with E-state index in [4.69, 9.17) is 4.74 Å². The minimum absolute atomic E-state index is 0.0114. The predicted molar refractivity (Wildman–Crippen MR) is 101 cm³/mol. The fourth-order valence-electron chi connectivity index (χ4n) is 2.35. The number of alkyl halides is 3. The molecule has 1 heterocycles. The largest absolute Gasteiger partial charge is 0.484 e. The van der Waals surface area contributed by atoms with Gasteiger partial charge in [0.2, 0.25) is 0 Å². The number of nitrogens with one attached hydrogen (secondary N) is 2. The highest BCUT2D eigenvalue weighted by molar-refractivity contribution is 8.18. The number of imide groups is 1. The summed E-state index contributed by atoms with van der Waals surface area (Å²) >= 11 is 0.797. The van der Waals surface area contributed by atoms with Crippen molar-refractivity contribution in [3.63, 3.8) is 0 Å². The van der Waals surface area contributed by atoms with Crippen molar-refractivity contribution in [2.24, 2.45) is 0 Å². The van der Waals surface area contributed by atoms with Gasteiger partial charge in [0.1, 0.15) is 5.75 Å². The van der Waals surface area contributed by atoms with Gasteiger partial charge in [-0.05, 0) is 53.7 Å². The highest BCUT2D eigenvalue weighted by Crippen LogP contribution is 2.30. The second kappa shape index (κ2) is 8.39. The SMILES string of the molecule is O=C(COc1ccc(/C=C2\SC(=O)NC2=O)cc1)Nc1cccc(C(F)(F)F)c1. The number of amides is 3. The lowest BCUT2D eigenvalue weighted by Crippen LogP contribution is -2.20. The Kier molecular flexibility index (Phi) is 5.92. The lowest BCUT2D eigenvalue weighted by atomic mass is 10.2. The van der Waals surface area contributed by atoms with E-state index in [2.05, 4.69) is 10.6 Å². The van der Waals surface area contributed by atoms with Crippen molar-refractivity contribution >= 4 is 40.6 Å². The fourth-order valence-corrected chi connectivity index (χ4v) is 3.03. The van der Waals surface area contributed by atoms with Crippen LogP contribution in [0.4, 0.5) is 23.7 Å². The zero-order valence-electron chi connectivity index (χ0n) is 14.6. The first-order valence-electron chi connectivity index (χ1n) is 8.15. The van der Waals surface area contributed by atoms with E-state index in [9.17, 15) is 27.6 Å². The number of anilines is 1. The minimum atomic E-state index is -4.50. The molecule has 0 aromatic heterocycles. The van der Waals surface area contributed by atoms with Gasteiger partial charge in [0.25, 0.3) is 17.1 Å². The summed E-state index contributed by atoms with van der Waals surface area (Å²) in [6.45, 7) is -0.399. The van der Waals surface area contributed by atoms with E-state index in [0.717, 1.165) is 23.9 Å². The van der Waals surface area contributed by atoms with Gasteiger partial charge in [0, 0.05) is 5.69 Å². The van der Waals surface area contributed by atoms with Crippen molar-refractivity contribution in [2.75, 3.05) is 11.9 Å². The van der Waals surface area contributed by atoms with Gasteiger partial charge < -0.3 is 10.1 Å². The average molecular weight is 422 g/mol. The number of rotatable bonds is 5. The molecule has 29 heavy (non-hydrogen) atoms. The zero-order chi connectivity index (χ0) is 21.0. The number of ether oxygens (including phenoxy) is 1. The highest BCUT2D eigenvalue weighted by Gasteiger charge is 2.30. The van der Waals surface area contributed by atoms with E-state index in [1.54, 1.807) is 24.3 Å². The summed E-state index contributed by atoms with van der Waals surface area (Å²) in [5.74, 6) is -0.731. The number of benzene rings is 2. The molecule has 1 saturated heterocycles. The average Bonchev–Trinajstić information content (AvgIpc) is 2.97. The van der Waals surface area contributed by atoms with Crippen LogP contribution in [0.1, 0.15) is 11.1 Å². The molecule has 2 aromatic carbocycles. The Morgan fingerprint density at radius 1 is 1.14 bits per heavy atom. The number of thioether (sulfide) groups is 1. The fraction of sp³-hybridized carbons (Fsp3) is 0.105. The minimum Gasteiger partial charge on any atom is -0.484 e. The summed E-state index contributed by atoms with van der Waals surface area (Å²) in [6, 6.07) is 10.7. The van der Waals surface area contributed by atoms with E-state index in [-0.39, 0.29) is 10.6 Å². The van der Waals surface area contributed by atoms with Crippen LogP contribution in [0.3, 0.4) is 0 Å². The van der Waals surface area contributed by atoms with Gasteiger partial charge in [-0.25, -0.2) is 0 Å². The van der Waals surface area contributed by atoms with Gasteiger partial charge in [-0.2, -0.15) is 13.2 Å². The number of carbonyl (C=O) groups excluding carboxylic acids is 3.